The molecule has 4 rings (SSSR count). The number of halogens is 1. The Balaban J connectivity index is 1.57. The van der Waals surface area contributed by atoms with Crippen molar-refractivity contribution in [2.45, 2.75) is 25.3 Å². The summed E-state index contributed by atoms with van der Waals surface area (Å²) in [7, 11) is -2.44. The standard InChI is InChI=1S/C27H25ClN2O5S2/c1-4-30-26(31)25(36-27(30)29-37(32,33)21-12-9-18(2)10-13-21)16-19-11-14-23(24(15-19)34-3)35-17-20-7-5-6-8-22(20)28/h5-16H,4,17H2,1-3H3. The predicted molar refractivity (Wildman–Crippen MR) is 148 cm³/mol. The van der Waals surface area contributed by atoms with Gasteiger partial charge < -0.3 is 9.47 Å². The number of nitrogens with zero attached hydrogens (tertiary/aromatic N) is 2. The van der Waals surface area contributed by atoms with Gasteiger partial charge in [-0.2, -0.15) is 8.42 Å². The summed E-state index contributed by atoms with van der Waals surface area (Å²) in [4.78, 5) is 14.8. The molecule has 0 spiro atoms. The van der Waals surface area contributed by atoms with E-state index in [0.717, 1.165) is 22.9 Å². The Hall–Kier alpha value is -3.27. The zero-order valence-electron chi connectivity index (χ0n) is 20.5. The Bertz CT molecular complexity index is 1480. The van der Waals surface area contributed by atoms with Gasteiger partial charge in [-0.25, -0.2) is 0 Å². The largest absolute Gasteiger partial charge is 0.493 e. The van der Waals surface area contributed by atoms with Crippen LogP contribution in [0.1, 0.15) is 23.6 Å². The van der Waals surface area contributed by atoms with Crippen molar-refractivity contribution in [3.8, 4) is 11.5 Å². The molecule has 1 amide bonds. The normalized spacial score (nSPS) is 16.0. The summed E-state index contributed by atoms with van der Waals surface area (Å²) in [5.41, 5.74) is 2.47. The minimum atomic E-state index is -3.97. The van der Waals surface area contributed by atoms with Crippen LogP contribution in [0.2, 0.25) is 5.02 Å². The van der Waals surface area contributed by atoms with Gasteiger partial charge in [0, 0.05) is 17.1 Å². The molecule has 3 aromatic rings. The van der Waals surface area contributed by atoms with E-state index in [9.17, 15) is 13.2 Å². The van der Waals surface area contributed by atoms with Crippen molar-refractivity contribution in [1.82, 2.24) is 4.90 Å². The summed E-state index contributed by atoms with van der Waals surface area (Å²) in [6.45, 7) is 4.19. The summed E-state index contributed by atoms with van der Waals surface area (Å²) in [6.07, 6.45) is 1.68. The molecule has 0 saturated carbocycles. The summed E-state index contributed by atoms with van der Waals surface area (Å²) in [5, 5.41) is 0.730. The molecule has 0 radical (unpaired) electrons. The van der Waals surface area contributed by atoms with Crippen LogP contribution in [0.4, 0.5) is 0 Å². The number of rotatable bonds is 8. The number of aryl methyl sites for hydroxylation is 1. The highest BCUT2D eigenvalue weighted by molar-refractivity contribution is 8.19. The lowest BCUT2D eigenvalue weighted by atomic mass is 10.1. The van der Waals surface area contributed by atoms with E-state index in [-0.39, 0.29) is 29.1 Å². The van der Waals surface area contributed by atoms with E-state index < -0.39 is 10.0 Å². The highest BCUT2D eigenvalue weighted by atomic mass is 35.5. The SMILES string of the molecule is CCN1C(=O)C(=Cc2ccc(OCc3ccccc3Cl)c(OC)c2)SC1=NS(=O)(=O)c1ccc(C)cc1. The van der Waals surface area contributed by atoms with Gasteiger partial charge in [-0.1, -0.05) is 53.6 Å². The molecule has 0 unspecified atom stereocenters. The van der Waals surface area contributed by atoms with Crippen LogP contribution < -0.4 is 9.47 Å². The van der Waals surface area contributed by atoms with Crippen LogP contribution in [0.3, 0.4) is 0 Å². The van der Waals surface area contributed by atoms with Crippen molar-refractivity contribution < 1.29 is 22.7 Å². The highest BCUT2D eigenvalue weighted by Gasteiger charge is 2.34. The number of sulfonamides is 1. The van der Waals surface area contributed by atoms with Gasteiger partial charge in [0.15, 0.2) is 16.7 Å². The maximum absolute atomic E-state index is 13.0. The molecule has 0 N–H and O–H groups in total. The van der Waals surface area contributed by atoms with E-state index >= 15 is 0 Å². The lowest BCUT2D eigenvalue weighted by Crippen LogP contribution is -2.29. The monoisotopic (exact) mass is 556 g/mol. The van der Waals surface area contributed by atoms with Crippen LogP contribution in [0.15, 0.2) is 80.9 Å². The quantitative estimate of drug-likeness (QED) is 0.320. The van der Waals surface area contributed by atoms with Crippen molar-refractivity contribution >= 4 is 50.5 Å². The molecule has 3 aromatic carbocycles. The van der Waals surface area contributed by atoms with E-state index in [2.05, 4.69) is 4.40 Å². The fourth-order valence-corrected chi connectivity index (χ4v) is 5.97. The average Bonchev–Trinajstić information content (AvgIpc) is 3.16. The fourth-order valence-electron chi connectivity index (χ4n) is 3.54. The lowest BCUT2D eigenvalue weighted by molar-refractivity contribution is -0.122. The Morgan fingerprint density at radius 3 is 2.46 bits per heavy atom. The molecule has 0 atom stereocenters. The van der Waals surface area contributed by atoms with Gasteiger partial charge in [0.1, 0.15) is 6.61 Å². The number of carbonyl (C=O) groups is 1. The molecular weight excluding hydrogens is 532 g/mol. The van der Waals surface area contributed by atoms with Crippen molar-refractivity contribution in [1.29, 1.82) is 0 Å². The van der Waals surface area contributed by atoms with Crippen LogP contribution in [0.25, 0.3) is 6.08 Å². The molecule has 0 aromatic heterocycles. The number of ether oxygens (including phenoxy) is 2. The number of hydrogen-bond donors (Lipinski definition) is 0. The van der Waals surface area contributed by atoms with Gasteiger partial charge in [-0.15, -0.1) is 4.40 Å². The Morgan fingerprint density at radius 1 is 1.05 bits per heavy atom. The van der Waals surface area contributed by atoms with E-state index in [0.29, 0.717) is 27.0 Å². The maximum Gasteiger partial charge on any atom is 0.284 e. The van der Waals surface area contributed by atoms with Gasteiger partial charge >= 0.3 is 0 Å². The first-order valence-electron chi connectivity index (χ1n) is 11.4. The molecular formula is C27H25ClN2O5S2. The molecule has 1 saturated heterocycles. The second-order valence-electron chi connectivity index (χ2n) is 8.11. The summed E-state index contributed by atoms with van der Waals surface area (Å²) < 4.78 is 41.0. The number of amidine groups is 1. The smallest absolute Gasteiger partial charge is 0.284 e. The number of thioether (sulfide) groups is 1. The van der Waals surface area contributed by atoms with Crippen LogP contribution in [-0.4, -0.2) is 38.0 Å². The number of methoxy groups -OCH3 is 1. The molecule has 10 heteroatoms. The molecule has 192 valence electrons. The van der Waals surface area contributed by atoms with Crippen LogP contribution in [0.5, 0.6) is 11.5 Å². The van der Waals surface area contributed by atoms with Crippen molar-refractivity contribution in [3.63, 3.8) is 0 Å². The molecule has 37 heavy (non-hydrogen) atoms. The van der Waals surface area contributed by atoms with Gasteiger partial charge in [0.2, 0.25) is 0 Å². The van der Waals surface area contributed by atoms with Crippen molar-refractivity contribution in [2.24, 2.45) is 4.40 Å². The summed E-state index contributed by atoms with van der Waals surface area (Å²) in [6, 6.07) is 19.1. The van der Waals surface area contributed by atoms with E-state index in [4.69, 9.17) is 21.1 Å². The maximum atomic E-state index is 13.0. The second-order valence-corrected chi connectivity index (χ2v) is 11.1. The van der Waals surface area contributed by atoms with Crippen molar-refractivity contribution in [2.75, 3.05) is 13.7 Å². The third-order valence-corrected chi connectivity index (χ3v) is 8.32. The Morgan fingerprint density at radius 2 is 1.78 bits per heavy atom. The molecule has 0 aliphatic carbocycles. The van der Waals surface area contributed by atoms with Crippen LogP contribution in [-0.2, 0) is 21.4 Å². The van der Waals surface area contributed by atoms with E-state index in [1.165, 1.54) is 24.1 Å². The van der Waals surface area contributed by atoms with Crippen molar-refractivity contribution in [3.05, 3.63) is 93.3 Å². The topological polar surface area (TPSA) is 85.3 Å². The molecule has 1 aliphatic heterocycles. The van der Waals surface area contributed by atoms with Gasteiger partial charge in [0.05, 0.1) is 16.9 Å². The van der Waals surface area contributed by atoms with E-state index in [1.807, 2.05) is 25.1 Å². The minimum absolute atomic E-state index is 0.0734. The first kappa shape index (κ1) is 26.8. The fraction of sp³-hybridized carbons (Fsp3) is 0.185. The molecule has 1 fully saturated rings. The first-order valence-corrected chi connectivity index (χ1v) is 14.0. The Labute approximate surface area is 225 Å². The number of likely N-dealkylation sites (N-methyl/N-ethyl adjacent to an activating group) is 1. The third-order valence-electron chi connectivity index (χ3n) is 5.55. The minimum Gasteiger partial charge on any atom is -0.493 e. The lowest BCUT2D eigenvalue weighted by Gasteiger charge is -2.12. The number of carbonyl (C=O) groups excluding carboxylic acids is 1. The van der Waals surface area contributed by atoms with Gasteiger partial charge in [-0.3, -0.25) is 9.69 Å². The van der Waals surface area contributed by atoms with E-state index in [1.54, 1.807) is 49.4 Å². The number of amides is 1. The Kier molecular flexibility index (Phi) is 8.26. The molecule has 1 heterocycles. The first-order chi connectivity index (χ1) is 17.7. The van der Waals surface area contributed by atoms with Gasteiger partial charge in [-0.05, 0) is 67.6 Å². The molecule has 7 nitrogen and oxygen atoms in total. The average molecular weight is 557 g/mol. The number of hydrogen-bond acceptors (Lipinski definition) is 6. The predicted octanol–water partition coefficient (Wildman–Crippen LogP) is 5.92. The van der Waals surface area contributed by atoms with Gasteiger partial charge in [0.25, 0.3) is 15.9 Å². The summed E-state index contributed by atoms with van der Waals surface area (Å²) in [5.74, 6) is 0.694. The van der Waals surface area contributed by atoms with Crippen LogP contribution >= 0.6 is 23.4 Å². The molecule has 0 bridgehead atoms. The third kappa shape index (κ3) is 6.18. The zero-order chi connectivity index (χ0) is 26.6. The van der Waals surface area contributed by atoms with Crippen LogP contribution in [0, 0.1) is 6.92 Å². The zero-order valence-corrected chi connectivity index (χ0v) is 22.9. The summed E-state index contributed by atoms with van der Waals surface area (Å²) >= 11 is 7.23. The number of benzene rings is 3. The second kappa shape index (κ2) is 11.4. The highest BCUT2D eigenvalue weighted by Crippen LogP contribution is 2.36. The molecule has 1 aliphatic rings.